The summed E-state index contributed by atoms with van der Waals surface area (Å²) in [6.45, 7) is 5.53. The topological polar surface area (TPSA) is 65.6 Å². The molecule has 1 saturated heterocycles. The highest BCUT2D eigenvalue weighted by Gasteiger charge is 2.20. The third kappa shape index (κ3) is 2.18. The van der Waals surface area contributed by atoms with Crippen LogP contribution in [0.5, 0.6) is 0 Å². The van der Waals surface area contributed by atoms with E-state index in [4.69, 9.17) is 0 Å². The molecule has 5 nitrogen and oxygen atoms in total. The number of rotatable bonds is 3. The Morgan fingerprint density at radius 2 is 2.39 bits per heavy atom. The van der Waals surface area contributed by atoms with Gasteiger partial charge in [0.25, 0.3) is 0 Å². The first kappa shape index (κ1) is 11.5. The van der Waals surface area contributed by atoms with Gasteiger partial charge in [-0.1, -0.05) is 6.92 Å². The summed E-state index contributed by atoms with van der Waals surface area (Å²) < 4.78 is 0. The van der Waals surface area contributed by atoms with Crippen molar-refractivity contribution in [1.29, 1.82) is 0 Å². The molecule has 3 rings (SSSR count). The predicted octanol–water partition coefficient (Wildman–Crippen LogP) is 1.62. The van der Waals surface area contributed by atoms with Crippen LogP contribution in [-0.4, -0.2) is 34.6 Å². The summed E-state index contributed by atoms with van der Waals surface area (Å²) in [6.07, 6.45) is 4.76. The number of hydrogen-bond acceptors (Lipinski definition) is 4. The summed E-state index contributed by atoms with van der Waals surface area (Å²) in [5.41, 5.74) is 0.891. The summed E-state index contributed by atoms with van der Waals surface area (Å²) in [6, 6.07) is 2.01. The van der Waals surface area contributed by atoms with Crippen molar-refractivity contribution in [3.8, 4) is 0 Å². The highest BCUT2D eigenvalue weighted by Crippen LogP contribution is 2.21. The van der Waals surface area contributed by atoms with E-state index in [9.17, 15) is 0 Å². The van der Waals surface area contributed by atoms with E-state index in [-0.39, 0.29) is 0 Å². The first-order valence-corrected chi connectivity index (χ1v) is 6.57. The molecule has 1 fully saturated rings. The third-order valence-electron chi connectivity index (χ3n) is 3.87. The number of fused-ring (bicyclic) bond motifs is 1. The molecule has 18 heavy (non-hydrogen) atoms. The van der Waals surface area contributed by atoms with E-state index < -0.39 is 0 Å². The van der Waals surface area contributed by atoms with Gasteiger partial charge in [0.15, 0.2) is 0 Å². The highest BCUT2D eigenvalue weighted by atomic mass is 15.0. The van der Waals surface area contributed by atoms with Crippen LogP contribution in [0.1, 0.15) is 13.3 Å². The molecule has 3 N–H and O–H groups in total. The zero-order valence-electron chi connectivity index (χ0n) is 10.6. The molecule has 2 atom stereocenters. The summed E-state index contributed by atoms with van der Waals surface area (Å²) in [5, 5.41) is 7.98. The number of piperidine rings is 1. The van der Waals surface area contributed by atoms with Crippen molar-refractivity contribution in [1.82, 2.24) is 20.3 Å². The average molecular weight is 245 g/mol. The quantitative estimate of drug-likeness (QED) is 0.768. The molecule has 3 heterocycles. The molecule has 1 aliphatic rings. The second-order valence-corrected chi connectivity index (χ2v) is 5.07. The van der Waals surface area contributed by atoms with Crippen molar-refractivity contribution in [2.24, 2.45) is 11.8 Å². The molecular formula is C13H19N5. The molecule has 0 aliphatic carbocycles. The van der Waals surface area contributed by atoms with Crippen LogP contribution in [0.25, 0.3) is 11.0 Å². The maximum atomic E-state index is 4.33. The molecule has 0 aromatic carbocycles. The Morgan fingerprint density at radius 3 is 3.28 bits per heavy atom. The normalized spacial score (nSPS) is 24.3. The van der Waals surface area contributed by atoms with Crippen molar-refractivity contribution < 1.29 is 0 Å². The maximum Gasteiger partial charge on any atom is 0.142 e. The van der Waals surface area contributed by atoms with Crippen LogP contribution in [0, 0.1) is 11.8 Å². The molecule has 0 spiro atoms. The maximum absolute atomic E-state index is 4.33. The summed E-state index contributed by atoms with van der Waals surface area (Å²) in [7, 11) is 0. The fourth-order valence-electron chi connectivity index (χ4n) is 2.57. The Labute approximate surface area is 106 Å². The molecule has 0 amide bonds. The Hall–Kier alpha value is -1.62. The number of nitrogens with zero attached hydrogens (tertiary/aromatic N) is 2. The second kappa shape index (κ2) is 4.94. The Bertz CT molecular complexity index is 521. The highest BCUT2D eigenvalue weighted by molar-refractivity contribution is 5.86. The number of anilines is 1. The fourth-order valence-corrected chi connectivity index (χ4v) is 2.57. The number of nitrogens with one attached hydrogen (secondary N) is 3. The van der Waals surface area contributed by atoms with Gasteiger partial charge in [0.2, 0.25) is 0 Å². The summed E-state index contributed by atoms with van der Waals surface area (Å²) in [5.74, 6) is 2.36. The Kier molecular flexibility index (Phi) is 3.15. The Balaban J connectivity index is 1.71. The van der Waals surface area contributed by atoms with E-state index >= 15 is 0 Å². The third-order valence-corrected chi connectivity index (χ3v) is 3.87. The van der Waals surface area contributed by atoms with Crippen LogP contribution in [0.2, 0.25) is 0 Å². The van der Waals surface area contributed by atoms with Gasteiger partial charge in [-0.3, -0.25) is 0 Å². The number of aromatic nitrogens is 3. The van der Waals surface area contributed by atoms with E-state index in [1.165, 1.54) is 6.42 Å². The number of aromatic amines is 1. The van der Waals surface area contributed by atoms with Crippen LogP contribution in [0.4, 0.5) is 5.82 Å². The predicted molar refractivity (Wildman–Crippen MR) is 72.5 cm³/mol. The van der Waals surface area contributed by atoms with Crippen LogP contribution >= 0.6 is 0 Å². The standard InChI is InChI=1S/C13H19N5/c1-9-2-4-14-6-10(9)7-16-13-11-3-5-15-12(11)17-8-18-13/h3,5,8-10,14H,2,4,6-7H2,1H3,(H2,15,16,17,18)/t9-,10-/m1/s1. The minimum Gasteiger partial charge on any atom is -0.369 e. The van der Waals surface area contributed by atoms with Gasteiger partial charge in [-0.05, 0) is 37.4 Å². The fraction of sp³-hybridized carbons (Fsp3) is 0.538. The SMILES string of the molecule is C[C@@H]1CCNC[C@@H]1CNc1ncnc2[nH]ccc12. The minimum atomic E-state index is 0.669. The van der Waals surface area contributed by atoms with E-state index in [0.29, 0.717) is 5.92 Å². The molecule has 5 heteroatoms. The molecule has 0 bridgehead atoms. The second-order valence-electron chi connectivity index (χ2n) is 5.07. The zero-order valence-corrected chi connectivity index (χ0v) is 10.6. The van der Waals surface area contributed by atoms with Crippen molar-refractivity contribution >= 4 is 16.9 Å². The van der Waals surface area contributed by atoms with Crippen LogP contribution in [0.15, 0.2) is 18.6 Å². The molecule has 2 aromatic heterocycles. The molecule has 0 radical (unpaired) electrons. The van der Waals surface area contributed by atoms with E-state index in [1.54, 1.807) is 6.33 Å². The van der Waals surface area contributed by atoms with Crippen LogP contribution < -0.4 is 10.6 Å². The van der Waals surface area contributed by atoms with Gasteiger partial charge in [0, 0.05) is 12.7 Å². The summed E-state index contributed by atoms with van der Waals surface area (Å²) in [4.78, 5) is 11.6. The van der Waals surface area contributed by atoms with E-state index in [0.717, 1.165) is 42.4 Å². The van der Waals surface area contributed by atoms with E-state index in [2.05, 4.69) is 32.5 Å². The lowest BCUT2D eigenvalue weighted by atomic mass is 9.88. The molecule has 0 saturated carbocycles. The van der Waals surface area contributed by atoms with E-state index in [1.807, 2.05) is 12.3 Å². The lowest BCUT2D eigenvalue weighted by molar-refractivity contribution is 0.286. The number of H-pyrrole nitrogens is 1. The van der Waals surface area contributed by atoms with Gasteiger partial charge in [-0.2, -0.15) is 0 Å². The zero-order chi connectivity index (χ0) is 12.4. The number of hydrogen-bond donors (Lipinski definition) is 3. The first-order chi connectivity index (χ1) is 8.84. The van der Waals surface area contributed by atoms with Crippen LogP contribution in [-0.2, 0) is 0 Å². The van der Waals surface area contributed by atoms with Crippen molar-refractivity contribution in [3.05, 3.63) is 18.6 Å². The van der Waals surface area contributed by atoms with Crippen molar-refractivity contribution in [2.75, 3.05) is 25.0 Å². The largest absolute Gasteiger partial charge is 0.369 e. The minimum absolute atomic E-state index is 0.669. The molecule has 0 unspecified atom stereocenters. The molecule has 96 valence electrons. The molecule has 1 aliphatic heterocycles. The molecule has 2 aromatic rings. The van der Waals surface area contributed by atoms with Crippen molar-refractivity contribution in [2.45, 2.75) is 13.3 Å². The van der Waals surface area contributed by atoms with Gasteiger partial charge in [-0.15, -0.1) is 0 Å². The monoisotopic (exact) mass is 245 g/mol. The molecular weight excluding hydrogens is 226 g/mol. The van der Waals surface area contributed by atoms with Gasteiger partial charge in [-0.25, -0.2) is 9.97 Å². The van der Waals surface area contributed by atoms with Gasteiger partial charge in [0.05, 0.1) is 5.39 Å². The van der Waals surface area contributed by atoms with Gasteiger partial charge in [0.1, 0.15) is 17.8 Å². The van der Waals surface area contributed by atoms with Crippen LogP contribution in [0.3, 0.4) is 0 Å². The smallest absolute Gasteiger partial charge is 0.142 e. The average Bonchev–Trinajstić information content (AvgIpc) is 2.86. The lowest BCUT2D eigenvalue weighted by Crippen LogP contribution is -2.39. The first-order valence-electron chi connectivity index (χ1n) is 6.57. The lowest BCUT2D eigenvalue weighted by Gasteiger charge is -2.29. The Morgan fingerprint density at radius 1 is 1.44 bits per heavy atom. The van der Waals surface area contributed by atoms with Gasteiger partial charge >= 0.3 is 0 Å². The van der Waals surface area contributed by atoms with Crippen molar-refractivity contribution in [3.63, 3.8) is 0 Å². The summed E-state index contributed by atoms with van der Waals surface area (Å²) >= 11 is 0. The van der Waals surface area contributed by atoms with Gasteiger partial charge < -0.3 is 15.6 Å².